The van der Waals surface area contributed by atoms with Gasteiger partial charge < -0.3 is 4.90 Å². The van der Waals surface area contributed by atoms with Crippen LogP contribution in [0.1, 0.15) is 139 Å². The van der Waals surface area contributed by atoms with Gasteiger partial charge >= 0.3 is 11.9 Å². The highest BCUT2D eigenvalue weighted by atomic mass is 17.2. The lowest BCUT2D eigenvalue weighted by Gasteiger charge is -2.71. The molecule has 0 radical (unpaired) electrons. The molecule has 5 aliphatic carbocycles. The van der Waals surface area contributed by atoms with Gasteiger partial charge in [0, 0.05) is 39.4 Å². The molecule has 50 heavy (non-hydrogen) atoms. The molecule has 0 aromatic carbocycles. The fourth-order valence-corrected chi connectivity index (χ4v) is 12.9. The van der Waals surface area contributed by atoms with Crippen molar-refractivity contribution in [3.05, 3.63) is 11.1 Å². The van der Waals surface area contributed by atoms with Gasteiger partial charge in [-0.2, -0.15) is 0 Å². The van der Waals surface area contributed by atoms with Crippen LogP contribution in [-0.2, 0) is 29.0 Å². The van der Waals surface area contributed by atoms with Crippen molar-refractivity contribution in [3.8, 4) is 0 Å². The smallest absolute Gasteiger partial charge is 0.306 e. The SMILES string of the molecule is CC(=O)NN1CCC(N(C)C)CC1.CC(=O)OOC(=O)[C@@]12CC[C@]3(C)[C@H](CC[C@@H]4[C@@]5(C)CCCC(C)(C)[C@@H]5CC[C@]43C)C1=C(C(C)C)C(=O)C2. The lowest BCUT2D eigenvalue weighted by molar-refractivity contribution is -0.267. The monoisotopic (exact) mass is 698 g/mol. The van der Waals surface area contributed by atoms with E-state index in [0.717, 1.165) is 62.3 Å². The van der Waals surface area contributed by atoms with Crippen molar-refractivity contribution in [3.63, 3.8) is 0 Å². The Morgan fingerprint density at radius 1 is 0.820 bits per heavy atom. The summed E-state index contributed by atoms with van der Waals surface area (Å²) < 4.78 is 0. The predicted octanol–water partition coefficient (Wildman–Crippen LogP) is 7.44. The highest BCUT2D eigenvalue weighted by Gasteiger charge is 2.70. The van der Waals surface area contributed by atoms with E-state index >= 15 is 0 Å². The normalized spacial score (nSPS) is 38.3. The molecule has 0 aromatic rings. The van der Waals surface area contributed by atoms with Gasteiger partial charge in [-0.15, -0.1) is 0 Å². The van der Waals surface area contributed by atoms with Crippen molar-refractivity contribution < 1.29 is 29.0 Å². The van der Waals surface area contributed by atoms with E-state index < -0.39 is 17.4 Å². The van der Waals surface area contributed by atoms with E-state index in [0.29, 0.717) is 29.2 Å². The molecule has 0 bridgehead atoms. The number of piperidine rings is 1. The van der Waals surface area contributed by atoms with Gasteiger partial charge in [-0.05, 0) is 135 Å². The lowest BCUT2D eigenvalue weighted by Crippen LogP contribution is -2.64. The molecule has 9 nitrogen and oxygen atoms in total. The van der Waals surface area contributed by atoms with Crippen LogP contribution in [0.15, 0.2) is 11.1 Å². The van der Waals surface area contributed by atoms with Crippen LogP contribution in [0.2, 0.25) is 0 Å². The van der Waals surface area contributed by atoms with Crippen LogP contribution in [-0.4, -0.2) is 66.8 Å². The van der Waals surface area contributed by atoms with E-state index in [-0.39, 0.29) is 40.8 Å². The summed E-state index contributed by atoms with van der Waals surface area (Å²) in [5, 5.41) is 2.00. The van der Waals surface area contributed by atoms with Crippen LogP contribution in [0.4, 0.5) is 0 Å². The van der Waals surface area contributed by atoms with Gasteiger partial charge in [0.05, 0.1) is 0 Å². The minimum Gasteiger partial charge on any atom is -0.306 e. The number of hydrogen-bond donors (Lipinski definition) is 1. The average molecular weight is 698 g/mol. The van der Waals surface area contributed by atoms with E-state index in [2.05, 4.69) is 72.9 Å². The third-order valence-corrected chi connectivity index (χ3v) is 15.3. The Balaban J connectivity index is 0.000000315. The minimum absolute atomic E-state index is 0.0107. The standard InChI is InChI=1S/C32H48O5.C9H19N3O/c1-19(2)25-22(34)18-32(27(35)37-36-20(3)33)17-16-30(7)21(26(25)32)10-11-24-29(6)14-9-13-28(4,5)23(29)12-15-31(24,30)8;1-8(13)10-12-6-4-9(5-7-12)11(2)3/h19,21,23-24H,9-18H2,1-8H3;9H,4-7H2,1-3H3,(H,10,13)/t21-,23+,24-,29+,30-,31-,32-;/m1./s1. The number of carbonyl (C=O) groups excluding carboxylic acids is 4. The largest absolute Gasteiger partial charge is 0.366 e. The molecule has 0 unspecified atom stereocenters. The number of amides is 1. The molecule has 5 fully saturated rings. The van der Waals surface area contributed by atoms with Crippen LogP contribution in [0.25, 0.3) is 0 Å². The molecule has 1 N–H and O–H groups in total. The molecular formula is C41H67N3O6. The number of carbonyl (C=O) groups is 4. The Bertz CT molecular complexity index is 1380. The molecular weight excluding hydrogens is 630 g/mol. The van der Waals surface area contributed by atoms with Gasteiger partial charge in [-0.1, -0.05) is 54.9 Å². The average Bonchev–Trinajstić information content (AvgIpc) is 3.33. The van der Waals surface area contributed by atoms with Crippen molar-refractivity contribution >= 4 is 23.6 Å². The van der Waals surface area contributed by atoms with Gasteiger partial charge in [-0.3, -0.25) is 15.0 Å². The highest BCUT2D eigenvalue weighted by Crippen LogP contribution is 2.76. The maximum Gasteiger partial charge on any atom is 0.366 e. The van der Waals surface area contributed by atoms with Crippen molar-refractivity contribution in [1.82, 2.24) is 15.3 Å². The molecule has 1 heterocycles. The van der Waals surface area contributed by atoms with E-state index in [9.17, 15) is 19.2 Å². The molecule has 7 atom stereocenters. The quantitative estimate of drug-likeness (QED) is 0.239. The number of rotatable bonds is 4. The maximum atomic E-state index is 13.6. The van der Waals surface area contributed by atoms with E-state index in [1.54, 1.807) is 6.92 Å². The van der Waals surface area contributed by atoms with Gasteiger partial charge in [0.1, 0.15) is 5.41 Å². The number of hydrogen-bond acceptors (Lipinski definition) is 8. The molecule has 1 saturated heterocycles. The molecule has 1 aliphatic heterocycles. The number of nitrogens with zero attached hydrogens (tertiary/aromatic N) is 2. The van der Waals surface area contributed by atoms with E-state index in [1.807, 2.05) is 5.01 Å². The molecule has 0 spiro atoms. The van der Waals surface area contributed by atoms with E-state index in [1.165, 1.54) is 39.0 Å². The zero-order valence-corrected chi connectivity index (χ0v) is 33.1. The summed E-state index contributed by atoms with van der Waals surface area (Å²) in [5.41, 5.74) is 4.60. The summed E-state index contributed by atoms with van der Waals surface area (Å²) >= 11 is 0. The van der Waals surface area contributed by atoms with Crippen LogP contribution in [0.5, 0.6) is 0 Å². The number of fused-ring (bicyclic) bond motifs is 7. The van der Waals surface area contributed by atoms with Gasteiger partial charge in [-0.25, -0.2) is 24.4 Å². The second-order valence-electron chi connectivity index (χ2n) is 18.9. The number of nitrogens with one attached hydrogen (secondary N) is 1. The second-order valence-corrected chi connectivity index (χ2v) is 18.9. The maximum absolute atomic E-state index is 13.6. The fourth-order valence-electron chi connectivity index (χ4n) is 12.9. The number of allylic oxidation sites excluding steroid dienone is 1. The highest BCUT2D eigenvalue weighted by molar-refractivity contribution is 6.06. The first-order valence-electron chi connectivity index (χ1n) is 19.6. The Kier molecular flexibility index (Phi) is 10.9. The summed E-state index contributed by atoms with van der Waals surface area (Å²) in [6.45, 7) is 21.5. The first kappa shape index (κ1) is 39.0. The minimum atomic E-state index is -0.993. The number of ketones is 1. The third kappa shape index (κ3) is 6.49. The van der Waals surface area contributed by atoms with E-state index in [4.69, 9.17) is 9.78 Å². The summed E-state index contributed by atoms with van der Waals surface area (Å²) in [5.74, 6) is 0.527. The van der Waals surface area contributed by atoms with Crippen LogP contribution in [0, 0.1) is 50.7 Å². The van der Waals surface area contributed by atoms with Gasteiger partial charge in [0.2, 0.25) is 5.91 Å². The Hall–Kier alpha value is -2.26. The van der Waals surface area contributed by atoms with Crippen molar-refractivity contribution in [2.24, 2.45) is 50.7 Å². The molecule has 6 aliphatic rings. The third-order valence-electron chi connectivity index (χ3n) is 15.3. The Morgan fingerprint density at radius 2 is 1.48 bits per heavy atom. The summed E-state index contributed by atoms with van der Waals surface area (Å²) in [7, 11) is 4.22. The Morgan fingerprint density at radius 3 is 2.06 bits per heavy atom. The molecule has 4 saturated carbocycles. The lowest BCUT2D eigenvalue weighted by atomic mass is 9.33. The summed E-state index contributed by atoms with van der Waals surface area (Å²) in [6, 6.07) is 0.671. The predicted molar refractivity (Wildman–Crippen MR) is 194 cm³/mol. The molecule has 0 aromatic heterocycles. The molecule has 9 heteroatoms. The van der Waals surface area contributed by atoms with Crippen molar-refractivity contribution in [2.45, 2.75) is 145 Å². The zero-order chi connectivity index (χ0) is 37.0. The first-order valence-corrected chi connectivity index (χ1v) is 19.6. The zero-order valence-electron chi connectivity index (χ0n) is 33.1. The van der Waals surface area contributed by atoms with Crippen LogP contribution >= 0.6 is 0 Å². The van der Waals surface area contributed by atoms with Crippen molar-refractivity contribution in [2.75, 3.05) is 27.2 Å². The fraction of sp³-hybridized carbons (Fsp3) is 0.854. The first-order chi connectivity index (χ1) is 23.2. The van der Waals surface area contributed by atoms with Gasteiger partial charge in [0.15, 0.2) is 5.78 Å². The van der Waals surface area contributed by atoms with Crippen LogP contribution < -0.4 is 5.43 Å². The topological polar surface area (TPSA) is 105 Å². The number of hydrazine groups is 1. The Labute approximate surface area is 301 Å². The molecule has 1 amide bonds. The van der Waals surface area contributed by atoms with Crippen molar-refractivity contribution in [1.29, 1.82) is 0 Å². The number of Topliss-reactive ketones (excluding diaryl/α,β-unsaturated/α-hetero) is 1. The summed E-state index contributed by atoms with van der Waals surface area (Å²) in [4.78, 5) is 61.4. The van der Waals surface area contributed by atoms with Crippen LogP contribution in [0.3, 0.4) is 0 Å². The second kappa shape index (κ2) is 13.9. The van der Waals surface area contributed by atoms with Gasteiger partial charge in [0.25, 0.3) is 0 Å². The molecule has 282 valence electrons. The molecule has 6 rings (SSSR count). The summed E-state index contributed by atoms with van der Waals surface area (Å²) in [6.07, 6.45) is 12.5.